The van der Waals surface area contributed by atoms with Crippen molar-refractivity contribution in [2.75, 3.05) is 20.1 Å². The molecular weight excluding hydrogens is 226 g/mol. The fourth-order valence-corrected chi connectivity index (χ4v) is 2.52. The predicted molar refractivity (Wildman–Crippen MR) is 67.3 cm³/mol. The Labute approximate surface area is 99.6 Å². The zero-order valence-corrected chi connectivity index (χ0v) is 11.4. The summed E-state index contributed by atoms with van der Waals surface area (Å²) in [5.74, 6) is 0. The maximum atomic E-state index is 11.8. The van der Waals surface area contributed by atoms with Gasteiger partial charge in [0, 0.05) is 19.6 Å². The van der Waals surface area contributed by atoms with Crippen molar-refractivity contribution in [3.63, 3.8) is 0 Å². The Morgan fingerprint density at radius 1 is 1.38 bits per heavy atom. The van der Waals surface area contributed by atoms with E-state index in [-0.39, 0.29) is 6.04 Å². The summed E-state index contributed by atoms with van der Waals surface area (Å²) in [7, 11) is -1.76. The molecule has 0 saturated heterocycles. The maximum Gasteiger partial charge on any atom is 0.279 e. The van der Waals surface area contributed by atoms with Gasteiger partial charge in [-0.15, -0.1) is 0 Å². The minimum Gasteiger partial charge on any atom is -0.330 e. The van der Waals surface area contributed by atoms with Crippen LogP contribution < -0.4 is 10.5 Å². The van der Waals surface area contributed by atoms with Crippen molar-refractivity contribution in [3.8, 4) is 0 Å². The molecule has 5 nitrogen and oxygen atoms in total. The first-order chi connectivity index (χ1) is 7.44. The first kappa shape index (κ1) is 15.8. The summed E-state index contributed by atoms with van der Waals surface area (Å²) in [6.07, 6.45) is 3.67. The van der Waals surface area contributed by atoms with Crippen LogP contribution in [-0.2, 0) is 10.2 Å². The lowest BCUT2D eigenvalue weighted by Crippen LogP contribution is -2.43. The maximum absolute atomic E-state index is 11.8. The summed E-state index contributed by atoms with van der Waals surface area (Å²) < 4.78 is 27.5. The van der Waals surface area contributed by atoms with Gasteiger partial charge in [0.25, 0.3) is 10.2 Å². The summed E-state index contributed by atoms with van der Waals surface area (Å²) >= 11 is 0. The SMILES string of the molecule is CCCCC(C)NS(=O)(=O)N(C)CCCN. The highest BCUT2D eigenvalue weighted by Crippen LogP contribution is 2.03. The number of nitrogens with one attached hydrogen (secondary N) is 1. The molecule has 0 rings (SSSR count). The van der Waals surface area contributed by atoms with Crippen LogP contribution in [0.15, 0.2) is 0 Å². The average Bonchev–Trinajstić information content (AvgIpc) is 2.22. The second-order valence-electron chi connectivity index (χ2n) is 4.13. The molecule has 0 aliphatic heterocycles. The van der Waals surface area contributed by atoms with Crippen molar-refractivity contribution in [2.45, 2.75) is 45.6 Å². The molecule has 0 aliphatic carbocycles. The second kappa shape index (κ2) is 8.00. The standard InChI is InChI=1S/C10H25N3O2S/c1-4-5-7-10(2)12-16(14,15)13(3)9-6-8-11/h10,12H,4-9,11H2,1-3H3. The van der Waals surface area contributed by atoms with E-state index in [2.05, 4.69) is 11.6 Å². The number of hydrogen-bond acceptors (Lipinski definition) is 3. The number of rotatable bonds is 9. The lowest BCUT2D eigenvalue weighted by molar-refractivity contribution is 0.439. The Balaban J connectivity index is 4.11. The highest BCUT2D eigenvalue weighted by molar-refractivity contribution is 7.87. The van der Waals surface area contributed by atoms with Gasteiger partial charge in [0.2, 0.25) is 0 Å². The minimum absolute atomic E-state index is 0.00900. The van der Waals surface area contributed by atoms with Crippen LogP contribution in [0.25, 0.3) is 0 Å². The molecule has 16 heavy (non-hydrogen) atoms. The average molecular weight is 251 g/mol. The predicted octanol–water partition coefficient (Wildman–Crippen LogP) is 0.680. The van der Waals surface area contributed by atoms with E-state index in [0.717, 1.165) is 19.3 Å². The fraction of sp³-hybridized carbons (Fsp3) is 1.00. The number of unbranched alkanes of at least 4 members (excludes halogenated alkanes) is 1. The van der Waals surface area contributed by atoms with Crippen LogP contribution in [0, 0.1) is 0 Å². The molecule has 0 aliphatic rings. The van der Waals surface area contributed by atoms with Crippen molar-refractivity contribution in [3.05, 3.63) is 0 Å². The van der Waals surface area contributed by atoms with Crippen molar-refractivity contribution in [1.29, 1.82) is 0 Å². The molecule has 0 amide bonds. The third kappa shape index (κ3) is 6.42. The molecule has 98 valence electrons. The lowest BCUT2D eigenvalue weighted by Gasteiger charge is -2.20. The van der Waals surface area contributed by atoms with Gasteiger partial charge < -0.3 is 5.73 Å². The Hall–Kier alpha value is -0.170. The summed E-state index contributed by atoms with van der Waals surface area (Å²) in [6, 6.07) is -0.00900. The van der Waals surface area contributed by atoms with Gasteiger partial charge in [-0.25, -0.2) is 0 Å². The molecule has 1 unspecified atom stereocenters. The van der Waals surface area contributed by atoms with E-state index in [0.29, 0.717) is 19.5 Å². The van der Waals surface area contributed by atoms with Crippen LogP contribution in [0.3, 0.4) is 0 Å². The third-order valence-electron chi connectivity index (χ3n) is 2.43. The summed E-state index contributed by atoms with van der Waals surface area (Å²) in [6.45, 7) is 4.95. The Morgan fingerprint density at radius 3 is 2.50 bits per heavy atom. The molecule has 0 aromatic carbocycles. The molecule has 6 heteroatoms. The first-order valence-corrected chi connectivity index (χ1v) is 7.31. The Bertz CT molecular complexity index is 267. The van der Waals surface area contributed by atoms with E-state index in [4.69, 9.17) is 5.73 Å². The van der Waals surface area contributed by atoms with Crippen molar-refractivity contribution >= 4 is 10.2 Å². The molecule has 0 bridgehead atoms. The number of nitrogens with two attached hydrogens (primary N) is 1. The molecule has 1 atom stereocenters. The van der Waals surface area contributed by atoms with Gasteiger partial charge in [-0.1, -0.05) is 19.8 Å². The number of hydrogen-bond donors (Lipinski definition) is 2. The number of nitrogens with zero attached hydrogens (tertiary/aromatic N) is 1. The molecule has 0 radical (unpaired) electrons. The van der Waals surface area contributed by atoms with Gasteiger partial charge >= 0.3 is 0 Å². The summed E-state index contributed by atoms with van der Waals surface area (Å²) in [5.41, 5.74) is 5.35. The van der Waals surface area contributed by atoms with Crippen LogP contribution >= 0.6 is 0 Å². The molecule has 0 aromatic rings. The van der Waals surface area contributed by atoms with E-state index in [9.17, 15) is 8.42 Å². The quantitative estimate of drug-likeness (QED) is 0.633. The molecule has 3 N–H and O–H groups in total. The normalized spacial score (nSPS) is 14.3. The van der Waals surface area contributed by atoms with Crippen LogP contribution in [-0.4, -0.2) is 38.9 Å². The van der Waals surface area contributed by atoms with Gasteiger partial charge in [-0.2, -0.15) is 17.4 Å². The van der Waals surface area contributed by atoms with Crippen LogP contribution in [0.1, 0.15) is 39.5 Å². The van der Waals surface area contributed by atoms with Gasteiger partial charge in [0.05, 0.1) is 0 Å². The highest BCUT2D eigenvalue weighted by atomic mass is 32.2. The Kier molecular flexibility index (Phi) is 7.91. The van der Waals surface area contributed by atoms with Crippen LogP contribution in [0.2, 0.25) is 0 Å². The fourth-order valence-electron chi connectivity index (χ4n) is 1.35. The zero-order chi connectivity index (χ0) is 12.6. The second-order valence-corrected chi connectivity index (χ2v) is 5.94. The summed E-state index contributed by atoms with van der Waals surface area (Å²) in [5, 5.41) is 0. The van der Waals surface area contributed by atoms with Crippen LogP contribution in [0.4, 0.5) is 0 Å². The molecule has 0 spiro atoms. The third-order valence-corrected chi connectivity index (χ3v) is 4.13. The van der Waals surface area contributed by atoms with Crippen molar-refractivity contribution < 1.29 is 8.42 Å². The smallest absolute Gasteiger partial charge is 0.279 e. The zero-order valence-electron chi connectivity index (χ0n) is 10.6. The monoisotopic (exact) mass is 251 g/mol. The van der Waals surface area contributed by atoms with Gasteiger partial charge in [0.1, 0.15) is 0 Å². The van der Waals surface area contributed by atoms with Crippen molar-refractivity contribution in [1.82, 2.24) is 9.03 Å². The summed E-state index contributed by atoms with van der Waals surface area (Å²) in [4.78, 5) is 0. The van der Waals surface area contributed by atoms with Crippen LogP contribution in [0.5, 0.6) is 0 Å². The van der Waals surface area contributed by atoms with Gasteiger partial charge in [-0.05, 0) is 26.3 Å². The topological polar surface area (TPSA) is 75.4 Å². The molecule has 0 aromatic heterocycles. The van der Waals surface area contributed by atoms with Gasteiger partial charge in [0.15, 0.2) is 0 Å². The van der Waals surface area contributed by atoms with Crippen molar-refractivity contribution in [2.24, 2.45) is 5.73 Å². The molecular formula is C10H25N3O2S. The highest BCUT2D eigenvalue weighted by Gasteiger charge is 2.18. The largest absolute Gasteiger partial charge is 0.330 e. The Morgan fingerprint density at radius 2 is 2.00 bits per heavy atom. The molecule has 0 fully saturated rings. The molecule has 0 heterocycles. The van der Waals surface area contributed by atoms with E-state index in [1.54, 1.807) is 7.05 Å². The van der Waals surface area contributed by atoms with E-state index < -0.39 is 10.2 Å². The van der Waals surface area contributed by atoms with E-state index in [1.807, 2.05) is 6.92 Å². The lowest BCUT2D eigenvalue weighted by atomic mass is 10.2. The minimum atomic E-state index is -3.33. The van der Waals surface area contributed by atoms with E-state index >= 15 is 0 Å². The van der Waals surface area contributed by atoms with E-state index in [1.165, 1.54) is 4.31 Å². The molecule has 0 saturated carbocycles. The van der Waals surface area contributed by atoms with Gasteiger partial charge in [-0.3, -0.25) is 0 Å². The first-order valence-electron chi connectivity index (χ1n) is 5.87.